The first-order valence-electron chi connectivity index (χ1n) is 6.11. The van der Waals surface area contributed by atoms with Crippen molar-refractivity contribution in [2.24, 2.45) is 0 Å². The Labute approximate surface area is 118 Å². The van der Waals surface area contributed by atoms with Crippen LogP contribution in [0.25, 0.3) is 0 Å². The molecule has 1 aromatic carbocycles. The molecule has 100 valence electrons. The normalized spacial score (nSPS) is 11.2. The number of pyridine rings is 1. The highest BCUT2D eigenvalue weighted by Gasteiger charge is 2.10. The van der Waals surface area contributed by atoms with Crippen molar-refractivity contribution in [1.82, 2.24) is 4.98 Å². The van der Waals surface area contributed by atoms with Gasteiger partial charge in [0.15, 0.2) is 0 Å². The Morgan fingerprint density at radius 2 is 1.84 bits per heavy atom. The van der Waals surface area contributed by atoms with E-state index in [-0.39, 0.29) is 5.54 Å². The van der Waals surface area contributed by atoms with Gasteiger partial charge in [0.05, 0.1) is 0 Å². The lowest BCUT2D eigenvalue weighted by Crippen LogP contribution is -2.26. The van der Waals surface area contributed by atoms with E-state index in [0.717, 1.165) is 5.82 Å². The van der Waals surface area contributed by atoms with Crippen molar-refractivity contribution < 1.29 is 4.74 Å². The summed E-state index contributed by atoms with van der Waals surface area (Å²) in [6.07, 6.45) is 0. The van der Waals surface area contributed by atoms with E-state index in [1.807, 2.05) is 30.3 Å². The van der Waals surface area contributed by atoms with E-state index in [1.165, 1.54) is 0 Å². The second-order valence-electron chi connectivity index (χ2n) is 5.30. The van der Waals surface area contributed by atoms with Crippen molar-refractivity contribution in [3.8, 4) is 11.6 Å². The maximum atomic E-state index is 5.92. The number of hydrogen-bond donors (Lipinski definition) is 1. The molecule has 0 aliphatic rings. The molecule has 0 fully saturated rings. The second-order valence-corrected chi connectivity index (χ2v) is 5.73. The van der Waals surface area contributed by atoms with Crippen LogP contribution in [0.15, 0.2) is 42.5 Å². The molecular weight excluding hydrogens is 260 g/mol. The quantitative estimate of drug-likeness (QED) is 0.879. The minimum absolute atomic E-state index is 0.0400. The van der Waals surface area contributed by atoms with Crippen molar-refractivity contribution in [3.05, 3.63) is 47.5 Å². The molecule has 4 heteroatoms. The fraction of sp³-hybridized carbons (Fsp3) is 0.267. The van der Waals surface area contributed by atoms with Crippen LogP contribution in [0.4, 0.5) is 5.82 Å². The molecule has 0 aliphatic carbocycles. The first kappa shape index (κ1) is 13.7. The van der Waals surface area contributed by atoms with E-state index in [9.17, 15) is 0 Å². The van der Waals surface area contributed by atoms with Gasteiger partial charge >= 0.3 is 0 Å². The molecule has 0 amide bonds. The zero-order valence-electron chi connectivity index (χ0n) is 11.3. The summed E-state index contributed by atoms with van der Waals surface area (Å²) in [5.74, 6) is 2.00. The summed E-state index contributed by atoms with van der Waals surface area (Å²) in [7, 11) is 0. The fourth-order valence-corrected chi connectivity index (χ4v) is 1.76. The lowest BCUT2D eigenvalue weighted by Gasteiger charge is -2.21. The van der Waals surface area contributed by atoms with Crippen LogP contribution in [0.2, 0.25) is 5.02 Å². The Bertz CT molecular complexity index is 564. The van der Waals surface area contributed by atoms with Gasteiger partial charge in [-0.25, -0.2) is 0 Å². The Morgan fingerprint density at radius 3 is 2.53 bits per heavy atom. The molecule has 0 unspecified atom stereocenters. The zero-order chi connectivity index (χ0) is 13.9. The van der Waals surface area contributed by atoms with Crippen LogP contribution in [0.5, 0.6) is 11.6 Å². The largest absolute Gasteiger partial charge is 0.439 e. The molecule has 0 spiro atoms. The molecule has 1 aromatic heterocycles. The summed E-state index contributed by atoms with van der Waals surface area (Å²) in [5.41, 5.74) is -0.0400. The molecule has 1 N–H and O–H groups in total. The molecule has 0 bridgehead atoms. The average molecular weight is 277 g/mol. The first-order chi connectivity index (χ1) is 8.92. The molecule has 0 radical (unpaired) electrons. The van der Waals surface area contributed by atoms with Crippen LogP contribution < -0.4 is 10.1 Å². The molecule has 0 saturated carbocycles. The number of ether oxygens (including phenoxy) is 1. The fourth-order valence-electron chi connectivity index (χ4n) is 1.58. The molecule has 0 saturated heterocycles. The molecule has 0 atom stereocenters. The number of halogens is 1. The van der Waals surface area contributed by atoms with Crippen LogP contribution in [-0.2, 0) is 0 Å². The van der Waals surface area contributed by atoms with Crippen LogP contribution >= 0.6 is 11.6 Å². The lowest BCUT2D eigenvalue weighted by molar-refractivity contribution is 0.463. The molecular formula is C15H17ClN2O. The van der Waals surface area contributed by atoms with Crippen LogP contribution in [0.3, 0.4) is 0 Å². The Balaban J connectivity index is 2.15. The van der Waals surface area contributed by atoms with Crippen molar-refractivity contribution in [2.45, 2.75) is 26.3 Å². The van der Waals surface area contributed by atoms with Gasteiger partial charge in [0.1, 0.15) is 11.6 Å². The minimum atomic E-state index is -0.0400. The van der Waals surface area contributed by atoms with E-state index in [4.69, 9.17) is 16.3 Å². The van der Waals surface area contributed by atoms with Gasteiger partial charge in [-0.1, -0.05) is 23.7 Å². The summed E-state index contributed by atoms with van der Waals surface area (Å²) < 4.78 is 5.68. The Kier molecular flexibility index (Phi) is 3.96. The first-order valence-corrected chi connectivity index (χ1v) is 6.49. The van der Waals surface area contributed by atoms with Crippen LogP contribution in [0, 0.1) is 0 Å². The van der Waals surface area contributed by atoms with Crippen molar-refractivity contribution in [3.63, 3.8) is 0 Å². The highest BCUT2D eigenvalue weighted by Crippen LogP contribution is 2.24. The summed E-state index contributed by atoms with van der Waals surface area (Å²) in [5, 5.41) is 3.94. The maximum absolute atomic E-state index is 5.92. The van der Waals surface area contributed by atoms with Gasteiger partial charge in [-0.15, -0.1) is 0 Å². The zero-order valence-corrected chi connectivity index (χ0v) is 12.0. The second kappa shape index (κ2) is 5.49. The third kappa shape index (κ3) is 4.45. The predicted octanol–water partition coefficient (Wildman–Crippen LogP) is 4.74. The van der Waals surface area contributed by atoms with Crippen LogP contribution in [-0.4, -0.2) is 10.5 Å². The summed E-state index contributed by atoms with van der Waals surface area (Å²) >= 11 is 5.92. The molecule has 3 nitrogen and oxygen atoms in total. The third-order valence-corrected chi connectivity index (χ3v) is 2.48. The predicted molar refractivity (Wildman–Crippen MR) is 79.1 cm³/mol. The Morgan fingerprint density at radius 1 is 1.11 bits per heavy atom. The molecule has 19 heavy (non-hydrogen) atoms. The standard InChI is InChI=1S/C15H17ClN2O/c1-15(2,3)18-13-8-5-9-14(17-13)19-12-7-4-6-11(16)10-12/h4-10H,1-3H3,(H,17,18). The van der Waals surface area contributed by atoms with Gasteiger partial charge in [0.2, 0.25) is 5.88 Å². The SMILES string of the molecule is CC(C)(C)Nc1cccc(Oc2cccc(Cl)c2)n1. The summed E-state index contributed by atoms with van der Waals surface area (Å²) in [4.78, 5) is 4.41. The van der Waals surface area contributed by atoms with Gasteiger partial charge in [-0.05, 0) is 45.0 Å². The topological polar surface area (TPSA) is 34.1 Å². The lowest BCUT2D eigenvalue weighted by atomic mass is 10.1. The molecule has 1 heterocycles. The molecule has 0 aliphatic heterocycles. The highest BCUT2D eigenvalue weighted by atomic mass is 35.5. The van der Waals surface area contributed by atoms with Gasteiger partial charge in [-0.3, -0.25) is 0 Å². The number of anilines is 1. The van der Waals surface area contributed by atoms with Crippen molar-refractivity contribution in [2.75, 3.05) is 5.32 Å². The van der Waals surface area contributed by atoms with E-state index < -0.39 is 0 Å². The van der Waals surface area contributed by atoms with Gasteiger partial charge < -0.3 is 10.1 Å². The molecule has 2 aromatic rings. The number of hydrogen-bond acceptors (Lipinski definition) is 3. The van der Waals surface area contributed by atoms with E-state index in [2.05, 4.69) is 31.1 Å². The van der Waals surface area contributed by atoms with E-state index in [0.29, 0.717) is 16.7 Å². The summed E-state index contributed by atoms with van der Waals surface area (Å²) in [6.45, 7) is 6.25. The monoisotopic (exact) mass is 276 g/mol. The maximum Gasteiger partial charge on any atom is 0.221 e. The number of nitrogens with one attached hydrogen (secondary N) is 1. The van der Waals surface area contributed by atoms with Gasteiger partial charge in [-0.2, -0.15) is 4.98 Å². The van der Waals surface area contributed by atoms with Crippen molar-refractivity contribution in [1.29, 1.82) is 0 Å². The number of rotatable bonds is 3. The average Bonchev–Trinajstić information content (AvgIpc) is 2.27. The van der Waals surface area contributed by atoms with Gasteiger partial charge in [0, 0.05) is 16.6 Å². The van der Waals surface area contributed by atoms with Gasteiger partial charge in [0.25, 0.3) is 0 Å². The third-order valence-electron chi connectivity index (χ3n) is 2.25. The number of nitrogens with zero attached hydrogens (tertiary/aromatic N) is 1. The Hall–Kier alpha value is -1.74. The summed E-state index contributed by atoms with van der Waals surface area (Å²) in [6, 6.07) is 12.9. The van der Waals surface area contributed by atoms with E-state index >= 15 is 0 Å². The number of benzene rings is 1. The minimum Gasteiger partial charge on any atom is -0.439 e. The molecule has 2 rings (SSSR count). The van der Waals surface area contributed by atoms with Crippen molar-refractivity contribution >= 4 is 17.4 Å². The number of aromatic nitrogens is 1. The highest BCUT2D eigenvalue weighted by molar-refractivity contribution is 6.30. The smallest absolute Gasteiger partial charge is 0.221 e. The van der Waals surface area contributed by atoms with Crippen LogP contribution in [0.1, 0.15) is 20.8 Å². The van der Waals surface area contributed by atoms with E-state index in [1.54, 1.807) is 12.1 Å².